The minimum Gasteiger partial charge on any atom is -0.452 e. The number of benzene rings is 1. The number of ether oxygens (including phenoxy) is 1. The zero-order valence-electron chi connectivity index (χ0n) is 17.2. The highest BCUT2D eigenvalue weighted by Crippen LogP contribution is 2.34. The van der Waals surface area contributed by atoms with Crippen molar-refractivity contribution in [3.8, 4) is 0 Å². The van der Waals surface area contributed by atoms with Gasteiger partial charge >= 0.3 is 5.97 Å². The highest BCUT2D eigenvalue weighted by atomic mass is 32.2. The number of carbonyl (C=O) groups excluding carboxylic acids is 2. The maximum absolute atomic E-state index is 12.5. The molecule has 0 bridgehead atoms. The molecule has 15 heteroatoms. The van der Waals surface area contributed by atoms with Crippen LogP contribution >= 0.6 is 11.8 Å². The molecule has 1 atom stereocenters. The van der Waals surface area contributed by atoms with E-state index in [0.717, 1.165) is 17.8 Å². The van der Waals surface area contributed by atoms with E-state index in [1.54, 1.807) is 14.0 Å². The third-order valence-corrected chi connectivity index (χ3v) is 7.65. The molecule has 0 unspecified atom stereocenters. The quantitative estimate of drug-likeness (QED) is 0.290. The molecule has 0 radical (unpaired) electrons. The third kappa shape index (κ3) is 5.40. The van der Waals surface area contributed by atoms with Crippen LogP contribution in [-0.2, 0) is 26.4 Å². The molecule has 1 aliphatic rings. The molecule has 3 rings (SSSR count). The van der Waals surface area contributed by atoms with Gasteiger partial charge in [0.05, 0.1) is 26.9 Å². The molecule has 1 aromatic heterocycles. The van der Waals surface area contributed by atoms with Gasteiger partial charge in [0.1, 0.15) is 0 Å². The van der Waals surface area contributed by atoms with Crippen LogP contribution in [-0.4, -0.2) is 81.0 Å². The topological polar surface area (TPSA) is 167 Å². The van der Waals surface area contributed by atoms with Gasteiger partial charge in [0.25, 0.3) is 11.6 Å². The Hall–Kier alpha value is -3.07. The van der Waals surface area contributed by atoms with Crippen LogP contribution in [0.15, 0.2) is 28.3 Å². The van der Waals surface area contributed by atoms with Crippen LogP contribution in [0.3, 0.4) is 0 Å². The second kappa shape index (κ2) is 9.60. The van der Waals surface area contributed by atoms with Crippen molar-refractivity contribution in [3.05, 3.63) is 33.9 Å². The number of aromatic nitrogens is 4. The highest BCUT2D eigenvalue weighted by Gasteiger charge is 2.34. The number of tetrazole rings is 1. The predicted octanol–water partition coefficient (Wildman–Crippen LogP) is 0.462. The van der Waals surface area contributed by atoms with E-state index in [1.807, 2.05) is 0 Å². The number of rotatable bonds is 8. The molecule has 1 fully saturated rings. The average Bonchev–Trinajstić information content (AvgIpc) is 3.31. The van der Waals surface area contributed by atoms with Crippen molar-refractivity contribution in [2.45, 2.75) is 29.4 Å². The van der Waals surface area contributed by atoms with Gasteiger partial charge < -0.3 is 9.64 Å². The Morgan fingerprint density at radius 1 is 1.41 bits per heavy atom. The molecule has 172 valence electrons. The van der Waals surface area contributed by atoms with Crippen molar-refractivity contribution in [3.63, 3.8) is 0 Å². The number of nitro benzene ring substituents is 1. The Labute approximate surface area is 187 Å². The smallest absolute Gasteiger partial charge is 0.338 e. The average molecular weight is 485 g/mol. The number of carbonyl (C=O) groups is 2. The van der Waals surface area contributed by atoms with E-state index in [1.165, 1.54) is 21.7 Å². The molecule has 2 aromatic rings. The monoisotopic (exact) mass is 484 g/mol. The molecule has 1 aromatic carbocycles. The van der Waals surface area contributed by atoms with Crippen LogP contribution in [0.5, 0.6) is 0 Å². The van der Waals surface area contributed by atoms with Crippen LogP contribution in [0.25, 0.3) is 0 Å². The van der Waals surface area contributed by atoms with Gasteiger partial charge in [-0.1, -0.05) is 0 Å². The number of amides is 1. The lowest BCUT2D eigenvalue weighted by molar-refractivity contribution is -0.387. The number of aryl methyl sites for hydroxylation is 1. The second-order valence-electron chi connectivity index (χ2n) is 6.94. The van der Waals surface area contributed by atoms with Gasteiger partial charge in [0, 0.05) is 25.7 Å². The first-order chi connectivity index (χ1) is 15.1. The van der Waals surface area contributed by atoms with Crippen molar-refractivity contribution in [1.82, 2.24) is 25.1 Å². The number of hydrogen-bond donors (Lipinski definition) is 0. The first kappa shape index (κ1) is 23.6. The summed E-state index contributed by atoms with van der Waals surface area (Å²) in [4.78, 5) is 37.3. The van der Waals surface area contributed by atoms with Gasteiger partial charge in [0.15, 0.2) is 16.4 Å². The van der Waals surface area contributed by atoms with E-state index in [4.69, 9.17) is 4.74 Å². The van der Waals surface area contributed by atoms with E-state index in [9.17, 15) is 28.1 Å². The van der Waals surface area contributed by atoms with E-state index < -0.39 is 39.3 Å². The summed E-state index contributed by atoms with van der Waals surface area (Å²) in [7, 11) is -1.60. The predicted molar refractivity (Wildman–Crippen MR) is 111 cm³/mol. The number of likely N-dealkylation sites (N-methyl/N-ethyl adjacent to an activating group) is 1. The van der Waals surface area contributed by atoms with Crippen LogP contribution in [0.4, 0.5) is 5.69 Å². The maximum atomic E-state index is 12.5. The molecule has 13 nitrogen and oxygen atoms in total. The fourth-order valence-corrected chi connectivity index (χ4v) is 5.78. The molecule has 0 saturated carbocycles. The molecule has 2 heterocycles. The van der Waals surface area contributed by atoms with E-state index in [-0.39, 0.29) is 34.2 Å². The Balaban J connectivity index is 1.68. The Bertz CT molecular complexity index is 1150. The lowest BCUT2D eigenvalue weighted by atomic mass is 10.2. The summed E-state index contributed by atoms with van der Waals surface area (Å²) in [6.45, 7) is 1.38. The summed E-state index contributed by atoms with van der Waals surface area (Å²) in [5, 5.41) is 22.7. The minimum absolute atomic E-state index is 0.0136. The van der Waals surface area contributed by atoms with Gasteiger partial charge in [-0.3, -0.25) is 14.9 Å². The van der Waals surface area contributed by atoms with Crippen LogP contribution in [0.1, 0.15) is 23.7 Å². The molecule has 1 aliphatic heterocycles. The van der Waals surface area contributed by atoms with Crippen molar-refractivity contribution in [1.29, 1.82) is 0 Å². The van der Waals surface area contributed by atoms with Gasteiger partial charge in [-0.05, 0) is 47.7 Å². The fraction of sp³-hybridized carbons (Fsp3) is 0.471. The van der Waals surface area contributed by atoms with Gasteiger partial charge in [-0.25, -0.2) is 17.9 Å². The lowest BCUT2D eigenvalue weighted by Crippen LogP contribution is -2.43. The van der Waals surface area contributed by atoms with Crippen LogP contribution in [0.2, 0.25) is 0 Å². The number of nitrogens with zero attached hydrogens (tertiary/aromatic N) is 6. The SMILES string of the molecule is CCN(C(=O)COC(=O)c1ccc(Sc2nnnn2C)c([N+](=O)[O-])c1)[C@@H]1CCS(=O)(=O)C1. The van der Waals surface area contributed by atoms with Gasteiger partial charge in [-0.2, -0.15) is 0 Å². The fourth-order valence-electron chi connectivity index (χ4n) is 3.23. The number of nitro groups is 1. The number of sulfone groups is 1. The molecule has 0 N–H and O–H groups in total. The van der Waals surface area contributed by atoms with Gasteiger partial charge in [-0.15, -0.1) is 5.10 Å². The summed E-state index contributed by atoms with van der Waals surface area (Å²) >= 11 is 0.958. The largest absolute Gasteiger partial charge is 0.452 e. The lowest BCUT2D eigenvalue weighted by Gasteiger charge is -2.26. The van der Waals surface area contributed by atoms with E-state index in [2.05, 4.69) is 15.5 Å². The number of hydrogen-bond acceptors (Lipinski definition) is 11. The first-order valence-corrected chi connectivity index (χ1v) is 12.1. The summed E-state index contributed by atoms with van der Waals surface area (Å²) in [5.74, 6) is -1.54. The highest BCUT2D eigenvalue weighted by molar-refractivity contribution is 7.99. The van der Waals surface area contributed by atoms with Crippen LogP contribution < -0.4 is 0 Å². The molecule has 1 amide bonds. The summed E-state index contributed by atoms with van der Waals surface area (Å²) in [6.07, 6.45) is 0.336. The van der Waals surface area contributed by atoms with E-state index in [0.29, 0.717) is 11.6 Å². The molecular weight excluding hydrogens is 464 g/mol. The van der Waals surface area contributed by atoms with Crippen molar-refractivity contribution >= 4 is 39.2 Å². The normalized spacial score (nSPS) is 17.1. The first-order valence-electron chi connectivity index (χ1n) is 9.47. The summed E-state index contributed by atoms with van der Waals surface area (Å²) < 4.78 is 29.7. The Kier molecular flexibility index (Phi) is 7.08. The maximum Gasteiger partial charge on any atom is 0.338 e. The number of esters is 1. The third-order valence-electron chi connectivity index (χ3n) is 4.81. The summed E-state index contributed by atoms with van der Waals surface area (Å²) in [6, 6.07) is 3.31. The molecule has 32 heavy (non-hydrogen) atoms. The van der Waals surface area contributed by atoms with Crippen molar-refractivity contribution in [2.75, 3.05) is 24.7 Å². The van der Waals surface area contributed by atoms with Crippen molar-refractivity contribution in [2.24, 2.45) is 7.05 Å². The molecule has 0 aliphatic carbocycles. The molecular formula is C17H20N6O7S2. The summed E-state index contributed by atoms with van der Waals surface area (Å²) in [5.41, 5.74) is -0.443. The second-order valence-corrected chi connectivity index (χ2v) is 10.2. The zero-order valence-corrected chi connectivity index (χ0v) is 18.8. The van der Waals surface area contributed by atoms with Gasteiger partial charge in [0.2, 0.25) is 5.16 Å². The van der Waals surface area contributed by atoms with E-state index >= 15 is 0 Å². The van der Waals surface area contributed by atoms with Crippen LogP contribution in [0, 0.1) is 10.1 Å². The Morgan fingerprint density at radius 3 is 2.72 bits per heavy atom. The minimum atomic E-state index is -3.18. The molecule has 0 spiro atoms. The molecule has 1 saturated heterocycles. The zero-order chi connectivity index (χ0) is 23.5. The standard InChI is InChI=1S/C17H20N6O7S2/c1-3-22(12-6-7-32(28,29)10-12)15(24)9-30-16(25)11-4-5-14(13(8-11)23(26)27)31-17-18-19-20-21(17)2/h4-5,8,12H,3,6-7,9-10H2,1-2H3/t12-/m1/s1. The van der Waals surface area contributed by atoms with Crippen molar-refractivity contribution < 1.29 is 27.7 Å². The Morgan fingerprint density at radius 2 is 2.16 bits per heavy atom.